The average molecular weight is 438 g/mol. The van der Waals surface area contributed by atoms with E-state index >= 15 is 0 Å². The van der Waals surface area contributed by atoms with Gasteiger partial charge >= 0.3 is 0 Å². The van der Waals surface area contributed by atoms with E-state index in [1.54, 1.807) is 0 Å². The number of hydrogen-bond acceptors (Lipinski definition) is 4. The van der Waals surface area contributed by atoms with Gasteiger partial charge in [0.15, 0.2) is 0 Å². The highest BCUT2D eigenvalue weighted by molar-refractivity contribution is 5.81. The first kappa shape index (κ1) is 20.7. The van der Waals surface area contributed by atoms with Crippen LogP contribution in [-0.2, 0) is 11.3 Å². The van der Waals surface area contributed by atoms with Gasteiger partial charge in [0.1, 0.15) is 0 Å². The Hall–Kier alpha value is -1.92. The molecule has 1 saturated heterocycles. The number of allylic oxidation sites excluding steroid dienone is 2. The van der Waals surface area contributed by atoms with Crippen LogP contribution >= 0.6 is 0 Å². The number of pyridine rings is 1. The van der Waals surface area contributed by atoms with Crippen LogP contribution in [0.5, 0.6) is 0 Å². The lowest BCUT2D eigenvalue weighted by Gasteiger charge is -2.38. The molecule has 32 heavy (non-hydrogen) atoms. The maximum Gasteiger partial charge on any atom is 0.258 e. The molecule has 6 rings (SSSR count). The van der Waals surface area contributed by atoms with Gasteiger partial charge in [-0.15, -0.1) is 0 Å². The quantitative estimate of drug-likeness (QED) is 0.718. The summed E-state index contributed by atoms with van der Waals surface area (Å²) in [5, 5.41) is 13.7. The molecule has 1 aromatic rings. The third-order valence-electron chi connectivity index (χ3n) is 8.73. The third-order valence-corrected chi connectivity index (χ3v) is 8.73. The number of rotatable bonds is 6. The molecule has 1 amide bonds. The molecule has 6 heteroatoms. The van der Waals surface area contributed by atoms with E-state index in [1.165, 1.54) is 31.3 Å². The first-order chi connectivity index (χ1) is 15.7. The molecule has 4 atom stereocenters. The predicted octanol–water partition coefficient (Wildman–Crippen LogP) is 2.85. The van der Waals surface area contributed by atoms with Crippen molar-refractivity contribution in [3.63, 3.8) is 0 Å². The van der Waals surface area contributed by atoms with Crippen molar-refractivity contribution in [3.8, 4) is 0 Å². The zero-order chi connectivity index (χ0) is 21.8. The predicted molar refractivity (Wildman–Crippen MR) is 123 cm³/mol. The topological polar surface area (TPSA) is 74.6 Å². The van der Waals surface area contributed by atoms with E-state index in [1.807, 2.05) is 10.6 Å². The number of nitrogens with zero attached hydrogens (tertiary/aromatic N) is 2. The van der Waals surface area contributed by atoms with Crippen LogP contribution in [0.3, 0.4) is 0 Å². The van der Waals surface area contributed by atoms with Gasteiger partial charge in [0.2, 0.25) is 5.91 Å². The molecule has 2 saturated carbocycles. The van der Waals surface area contributed by atoms with E-state index in [0.29, 0.717) is 12.5 Å². The second-order valence-corrected chi connectivity index (χ2v) is 10.7. The fourth-order valence-corrected chi connectivity index (χ4v) is 6.55. The van der Waals surface area contributed by atoms with Crippen LogP contribution in [-0.4, -0.2) is 45.7 Å². The first-order valence-electron chi connectivity index (χ1n) is 12.8. The van der Waals surface area contributed by atoms with Crippen molar-refractivity contribution in [2.75, 3.05) is 13.2 Å². The molecule has 3 heterocycles. The minimum atomic E-state index is -0.294. The number of amides is 1. The number of nitrogens with one attached hydrogen (secondary N) is 1. The minimum Gasteiger partial charge on any atom is -0.396 e. The third kappa shape index (κ3) is 3.38. The Morgan fingerprint density at radius 1 is 1.12 bits per heavy atom. The molecule has 6 nitrogen and oxygen atoms in total. The fraction of sp³-hybridized carbons (Fsp3) is 0.692. The summed E-state index contributed by atoms with van der Waals surface area (Å²) < 4.78 is 1.95. The maximum atomic E-state index is 13.6. The summed E-state index contributed by atoms with van der Waals surface area (Å²) in [5.41, 5.74) is 3.08. The van der Waals surface area contributed by atoms with E-state index < -0.39 is 0 Å². The fourth-order valence-electron chi connectivity index (χ4n) is 6.55. The van der Waals surface area contributed by atoms with Crippen LogP contribution in [0.1, 0.15) is 75.1 Å². The molecule has 0 spiro atoms. The van der Waals surface area contributed by atoms with Gasteiger partial charge in [-0.2, -0.15) is 0 Å². The van der Waals surface area contributed by atoms with Crippen molar-refractivity contribution in [2.45, 2.75) is 82.5 Å². The first-order valence-corrected chi connectivity index (χ1v) is 12.8. The largest absolute Gasteiger partial charge is 0.396 e. The van der Waals surface area contributed by atoms with Gasteiger partial charge in [-0.05, 0) is 81.4 Å². The van der Waals surface area contributed by atoms with Gasteiger partial charge in [-0.1, -0.05) is 6.08 Å². The Balaban J connectivity index is 1.40. The second-order valence-electron chi connectivity index (χ2n) is 10.7. The summed E-state index contributed by atoms with van der Waals surface area (Å²) in [4.78, 5) is 29.6. The summed E-state index contributed by atoms with van der Waals surface area (Å²) >= 11 is 0. The SMILES string of the molecule is O=C(NC1CCC1)[C@H]1[C@H](CO)[C@H]2Cn3c(ccc(C4=CCCCC4)c3=O)[C@@H]1N2CC1CC1. The van der Waals surface area contributed by atoms with Crippen LogP contribution in [0.25, 0.3) is 5.57 Å². The smallest absolute Gasteiger partial charge is 0.258 e. The number of hydrogen-bond donors (Lipinski definition) is 2. The van der Waals surface area contributed by atoms with E-state index in [2.05, 4.69) is 22.4 Å². The summed E-state index contributed by atoms with van der Waals surface area (Å²) in [6.45, 7) is 1.54. The summed E-state index contributed by atoms with van der Waals surface area (Å²) in [5.74, 6) is 0.340. The number of aliphatic hydroxyl groups is 1. The monoisotopic (exact) mass is 437 g/mol. The summed E-state index contributed by atoms with van der Waals surface area (Å²) in [6, 6.07) is 4.32. The van der Waals surface area contributed by atoms with Crippen molar-refractivity contribution >= 4 is 11.5 Å². The van der Waals surface area contributed by atoms with Crippen LogP contribution in [0, 0.1) is 17.8 Å². The molecule has 0 aromatic carbocycles. The lowest BCUT2D eigenvalue weighted by atomic mass is 9.85. The molecule has 0 radical (unpaired) electrons. The van der Waals surface area contributed by atoms with Crippen LogP contribution < -0.4 is 10.9 Å². The van der Waals surface area contributed by atoms with Crippen LogP contribution in [0.4, 0.5) is 0 Å². The number of carbonyl (C=O) groups is 1. The molecule has 5 aliphatic rings. The Labute approximate surface area is 189 Å². The van der Waals surface area contributed by atoms with Gasteiger partial charge in [0.25, 0.3) is 5.56 Å². The van der Waals surface area contributed by atoms with Crippen molar-refractivity contribution in [3.05, 3.63) is 39.8 Å². The lowest BCUT2D eigenvalue weighted by molar-refractivity contribution is -0.128. The molecule has 0 unspecified atom stereocenters. The molecule has 2 bridgehead atoms. The number of aliphatic hydroxyl groups excluding tert-OH is 1. The molecular weight excluding hydrogens is 402 g/mol. The maximum absolute atomic E-state index is 13.6. The molecule has 2 N–H and O–H groups in total. The molecule has 1 aromatic heterocycles. The Kier molecular flexibility index (Phi) is 5.26. The Bertz CT molecular complexity index is 991. The second kappa shape index (κ2) is 8.14. The highest BCUT2D eigenvalue weighted by Gasteiger charge is 2.56. The van der Waals surface area contributed by atoms with Gasteiger partial charge < -0.3 is 15.0 Å². The van der Waals surface area contributed by atoms with Crippen molar-refractivity contribution in [1.82, 2.24) is 14.8 Å². The highest BCUT2D eigenvalue weighted by atomic mass is 16.3. The van der Waals surface area contributed by atoms with E-state index in [0.717, 1.165) is 49.9 Å². The zero-order valence-electron chi connectivity index (χ0n) is 18.8. The zero-order valence-corrected chi connectivity index (χ0v) is 18.8. The minimum absolute atomic E-state index is 0.00810. The molecule has 3 aliphatic carbocycles. The van der Waals surface area contributed by atoms with E-state index in [9.17, 15) is 14.7 Å². The molecule has 172 valence electrons. The van der Waals surface area contributed by atoms with Gasteiger partial charge in [-0.25, -0.2) is 0 Å². The number of aromatic nitrogens is 1. The number of fused-ring (bicyclic) bond motifs is 4. The highest BCUT2D eigenvalue weighted by Crippen LogP contribution is 2.50. The normalized spacial score (nSPS) is 32.2. The summed E-state index contributed by atoms with van der Waals surface area (Å²) in [7, 11) is 0. The van der Waals surface area contributed by atoms with Crippen LogP contribution in [0.2, 0.25) is 0 Å². The lowest BCUT2D eigenvalue weighted by Crippen LogP contribution is -2.48. The van der Waals surface area contributed by atoms with Crippen LogP contribution in [0.15, 0.2) is 23.0 Å². The number of carbonyl (C=O) groups excluding carboxylic acids is 1. The molecular formula is C26H35N3O3. The Morgan fingerprint density at radius 2 is 1.97 bits per heavy atom. The Morgan fingerprint density at radius 3 is 2.62 bits per heavy atom. The summed E-state index contributed by atoms with van der Waals surface area (Å²) in [6.07, 6.45) is 12.4. The van der Waals surface area contributed by atoms with Gasteiger partial charge in [-0.3, -0.25) is 14.5 Å². The van der Waals surface area contributed by atoms with E-state index in [-0.39, 0.29) is 48.0 Å². The van der Waals surface area contributed by atoms with Crippen molar-refractivity contribution in [1.29, 1.82) is 0 Å². The van der Waals surface area contributed by atoms with Gasteiger partial charge in [0, 0.05) is 49.0 Å². The van der Waals surface area contributed by atoms with Crippen molar-refractivity contribution < 1.29 is 9.90 Å². The van der Waals surface area contributed by atoms with Crippen molar-refractivity contribution in [2.24, 2.45) is 17.8 Å². The molecule has 2 aliphatic heterocycles. The average Bonchev–Trinajstić information content (AvgIpc) is 3.56. The standard InChI is InChI=1S/C26H35N3O3/c30-15-20-22-14-29-21(12-11-19(26(29)32)17-5-2-1-3-6-17)24(28(22)13-16-9-10-16)23(20)25(31)27-18-7-4-8-18/h5,11-12,16,18,20,22-24,30H,1-4,6-10,13-15H2,(H,27,31)/t20-,22-,23+,24+/m1/s1. The molecule has 3 fully saturated rings. The van der Waals surface area contributed by atoms with Gasteiger partial charge in [0.05, 0.1) is 12.0 Å². The van der Waals surface area contributed by atoms with E-state index in [4.69, 9.17) is 0 Å².